The molecule has 1 saturated heterocycles. The van der Waals surface area contributed by atoms with Crippen molar-refractivity contribution in [3.8, 4) is 0 Å². The van der Waals surface area contributed by atoms with E-state index in [1.165, 1.54) is 0 Å². The van der Waals surface area contributed by atoms with Gasteiger partial charge >= 0.3 is 0 Å². The van der Waals surface area contributed by atoms with E-state index >= 15 is 0 Å². The number of nitrogens with two attached hydrogens (primary N) is 1. The van der Waals surface area contributed by atoms with Crippen LogP contribution in [0.25, 0.3) is 0 Å². The Labute approximate surface area is 103 Å². The maximum atomic E-state index is 11.5. The SMILES string of the molecule is NC(=O)CCC(=O)C(O)[C@@H]1OC[C@@H](O)[C@H](O)C1O. The van der Waals surface area contributed by atoms with Crippen LogP contribution in [-0.4, -0.2) is 69.2 Å². The van der Waals surface area contributed by atoms with Gasteiger partial charge in [-0.05, 0) is 0 Å². The van der Waals surface area contributed by atoms with E-state index in [-0.39, 0.29) is 19.4 Å². The van der Waals surface area contributed by atoms with Gasteiger partial charge in [-0.1, -0.05) is 0 Å². The number of primary amides is 1. The molecule has 18 heavy (non-hydrogen) atoms. The molecule has 1 heterocycles. The summed E-state index contributed by atoms with van der Waals surface area (Å²) in [6.45, 7) is -0.303. The minimum absolute atomic E-state index is 0.218. The Morgan fingerprint density at radius 1 is 1.22 bits per heavy atom. The van der Waals surface area contributed by atoms with Crippen LogP contribution in [0.3, 0.4) is 0 Å². The molecule has 8 heteroatoms. The summed E-state index contributed by atoms with van der Waals surface area (Å²) in [6, 6.07) is 0. The second kappa shape index (κ2) is 6.21. The Morgan fingerprint density at radius 2 is 1.83 bits per heavy atom. The van der Waals surface area contributed by atoms with Crippen LogP contribution in [0.4, 0.5) is 0 Å². The molecule has 2 unspecified atom stereocenters. The zero-order valence-corrected chi connectivity index (χ0v) is 9.60. The van der Waals surface area contributed by atoms with Crippen LogP contribution in [0.15, 0.2) is 0 Å². The summed E-state index contributed by atoms with van der Waals surface area (Å²) in [6.07, 6.45) is -7.86. The smallest absolute Gasteiger partial charge is 0.217 e. The van der Waals surface area contributed by atoms with Crippen LogP contribution in [0, 0.1) is 0 Å². The highest BCUT2D eigenvalue weighted by molar-refractivity contribution is 5.87. The second-order valence-corrected chi connectivity index (χ2v) is 4.22. The lowest BCUT2D eigenvalue weighted by atomic mass is 9.93. The second-order valence-electron chi connectivity index (χ2n) is 4.22. The van der Waals surface area contributed by atoms with E-state index in [4.69, 9.17) is 10.5 Å². The van der Waals surface area contributed by atoms with Gasteiger partial charge in [-0.3, -0.25) is 9.59 Å². The third-order valence-corrected chi connectivity index (χ3v) is 2.80. The number of carbonyl (C=O) groups excluding carboxylic acids is 2. The predicted octanol–water partition coefficient (Wildman–Crippen LogP) is -3.34. The van der Waals surface area contributed by atoms with E-state index in [0.717, 1.165) is 0 Å². The fraction of sp³-hybridized carbons (Fsp3) is 0.800. The zero-order valence-electron chi connectivity index (χ0n) is 9.60. The standard InChI is InChI=1S/C10H17NO7/c11-6(14)2-1-4(12)8(16)10-9(17)7(15)5(13)3-18-10/h5,7-10,13,15-17H,1-3H2,(H2,11,14)/t5-,7+,8?,9?,10+/m1/s1. The normalized spacial score (nSPS) is 34.0. The van der Waals surface area contributed by atoms with Crippen LogP contribution in [-0.2, 0) is 14.3 Å². The van der Waals surface area contributed by atoms with Crippen molar-refractivity contribution in [3.05, 3.63) is 0 Å². The molecule has 0 saturated carbocycles. The van der Waals surface area contributed by atoms with E-state index in [1.54, 1.807) is 0 Å². The molecule has 0 bridgehead atoms. The van der Waals surface area contributed by atoms with E-state index in [9.17, 15) is 30.0 Å². The molecule has 1 fully saturated rings. The molecule has 1 aliphatic rings. The topological polar surface area (TPSA) is 150 Å². The maximum absolute atomic E-state index is 11.5. The maximum Gasteiger partial charge on any atom is 0.217 e. The van der Waals surface area contributed by atoms with E-state index in [2.05, 4.69) is 0 Å². The van der Waals surface area contributed by atoms with Crippen LogP contribution < -0.4 is 5.73 Å². The molecule has 5 atom stereocenters. The minimum atomic E-state index is -1.68. The number of hydrogen-bond donors (Lipinski definition) is 5. The molecule has 6 N–H and O–H groups in total. The molecule has 104 valence electrons. The molecule has 0 aromatic rings. The van der Waals surface area contributed by atoms with Gasteiger partial charge in [0.1, 0.15) is 30.5 Å². The van der Waals surface area contributed by atoms with Gasteiger partial charge in [0.2, 0.25) is 5.91 Å². The average molecular weight is 263 g/mol. The number of rotatable bonds is 5. The summed E-state index contributed by atoms with van der Waals surface area (Å²) in [5.41, 5.74) is 4.86. The van der Waals surface area contributed by atoms with E-state index in [1.807, 2.05) is 0 Å². The summed E-state index contributed by atoms with van der Waals surface area (Å²) < 4.78 is 4.92. The zero-order chi connectivity index (χ0) is 13.9. The van der Waals surface area contributed by atoms with Crippen LogP contribution >= 0.6 is 0 Å². The summed E-state index contributed by atoms with van der Waals surface area (Å²) >= 11 is 0. The monoisotopic (exact) mass is 263 g/mol. The van der Waals surface area contributed by atoms with Crippen molar-refractivity contribution in [2.75, 3.05) is 6.61 Å². The van der Waals surface area contributed by atoms with Crippen LogP contribution in [0.5, 0.6) is 0 Å². The largest absolute Gasteiger partial charge is 0.388 e. The molecule has 0 aromatic carbocycles. The van der Waals surface area contributed by atoms with Gasteiger partial charge < -0.3 is 30.9 Å². The van der Waals surface area contributed by atoms with Crippen molar-refractivity contribution in [1.82, 2.24) is 0 Å². The first-order chi connectivity index (χ1) is 8.34. The number of ketones is 1. The van der Waals surface area contributed by atoms with E-state index in [0.29, 0.717) is 0 Å². The molecular weight excluding hydrogens is 246 g/mol. The van der Waals surface area contributed by atoms with Gasteiger partial charge in [0.05, 0.1) is 6.61 Å². The fourth-order valence-electron chi connectivity index (χ4n) is 1.68. The van der Waals surface area contributed by atoms with E-state index < -0.39 is 42.2 Å². The van der Waals surface area contributed by atoms with Gasteiger partial charge in [-0.25, -0.2) is 0 Å². The lowest BCUT2D eigenvalue weighted by molar-refractivity contribution is -0.210. The predicted molar refractivity (Wildman–Crippen MR) is 57.2 cm³/mol. The first kappa shape index (κ1) is 15.0. The van der Waals surface area contributed by atoms with Gasteiger partial charge in [-0.2, -0.15) is 0 Å². The van der Waals surface area contributed by atoms with Crippen molar-refractivity contribution >= 4 is 11.7 Å². The van der Waals surface area contributed by atoms with Gasteiger partial charge in [0.25, 0.3) is 0 Å². The van der Waals surface area contributed by atoms with Crippen LogP contribution in [0.2, 0.25) is 0 Å². The Balaban J connectivity index is 2.57. The Kier molecular flexibility index (Phi) is 5.17. The Bertz CT molecular complexity index is 321. The first-order valence-corrected chi connectivity index (χ1v) is 5.49. The van der Waals surface area contributed by atoms with Crippen molar-refractivity contribution < 1.29 is 34.8 Å². The summed E-state index contributed by atoms with van der Waals surface area (Å²) in [4.78, 5) is 22.0. The quantitative estimate of drug-likeness (QED) is 0.348. The number of hydrogen-bond acceptors (Lipinski definition) is 7. The van der Waals surface area contributed by atoms with Crippen molar-refractivity contribution in [3.63, 3.8) is 0 Å². The van der Waals surface area contributed by atoms with Crippen molar-refractivity contribution in [1.29, 1.82) is 0 Å². The summed E-state index contributed by atoms with van der Waals surface area (Å²) in [5, 5.41) is 37.8. The Morgan fingerprint density at radius 3 is 2.39 bits per heavy atom. The minimum Gasteiger partial charge on any atom is -0.388 e. The van der Waals surface area contributed by atoms with Crippen molar-refractivity contribution in [2.45, 2.75) is 43.4 Å². The highest BCUT2D eigenvalue weighted by Crippen LogP contribution is 2.19. The average Bonchev–Trinajstić information content (AvgIpc) is 2.32. The van der Waals surface area contributed by atoms with Crippen molar-refractivity contribution in [2.24, 2.45) is 5.73 Å². The van der Waals surface area contributed by atoms with Gasteiger partial charge in [0.15, 0.2) is 5.78 Å². The molecule has 8 nitrogen and oxygen atoms in total. The molecule has 0 radical (unpaired) electrons. The lowest BCUT2D eigenvalue weighted by Crippen LogP contribution is -2.58. The Hall–Kier alpha value is -1.06. The van der Waals surface area contributed by atoms with Crippen LogP contribution in [0.1, 0.15) is 12.8 Å². The first-order valence-electron chi connectivity index (χ1n) is 5.49. The number of Topliss-reactive ketones (excluding diaryl/α,β-unsaturated/α-hetero) is 1. The number of amides is 1. The molecule has 0 spiro atoms. The number of aliphatic hydroxyl groups excluding tert-OH is 4. The van der Waals surface area contributed by atoms with Gasteiger partial charge in [-0.15, -0.1) is 0 Å². The number of aliphatic hydroxyl groups is 4. The lowest BCUT2D eigenvalue weighted by Gasteiger charge is -2.37. The highest BCUT2D eigenvalue weighted by Gasteiger charge is 2.43. The third-order valence-electron chi connectivity index (χ3n) is 2.80. The summed E-state index contributed by atoms with van der Waals surface area (Å²) in [5.74, 6) is -1.41. The fourth-order valence-corrected chi connectivity index (χ4v) is 1.68. The van der Waals surface area contributed by atoms with Gasteiger partial charge in [0, 0.05) is 12.8 Å². The molecule has 0 aliphatic carbocycles. The molecule has 1 aliphatic heterocycles. The number of carbonyl (C=O) groups is 2. The third kappa shape index (κ3) is 3.47. The number of ether oxygens (including phenoxy) is 1. The molecule has 0 aromatic heterocycles. The molecule has 1 rings (SSSR count). The molecular formula is C10H17NO7. The molecule has 1 amide bonds. The summed E-state index contributed by atoms with van der Waals surface area (Å²) in [7, 11) is 0. The highest BCUT2D eigenvalue weighted by atomic mass is 16.5.